The predicted molar refractivity (Wildman–Crippen MR) is 75.9 cm³/mol. The second-order valence-electron chi connectivity index (χ2n) is 6.25. The summed E-state index contributed by atoms with van der Waals surface area (Å²) in [6.45, 7) is 6.82. The number of ketones is 1. The van der Waals surface area contributed by atoms with Crippen LogP contribution in [-0.2, 0) is 9.53 Å². The normalized spacial score (nSPS) is 25.7. The molecule has 1 atom stereocenters. The van der Waals surface area contributed by atoms with Gasteiger partial charge in [0, 0.05) is 37.9 Å². The number of rotatable bonds is 3. The molecule has 1 unspecified atom stereocenters. The van der Waals surface area contributed by atoms with E-state index in [0.29, 0.717) is 43.0 Å². The number of ether oxygens (including phenoxy) is 1. The third-order valence-electron chi connectivity index (χ3n) is 4.47. The van der Waals surface area contributed by atoms with E-state index in [2.05, 4.69) is 28.9 Å². The third kappa shape index (κ3) is 3.32. The molecule has 2 aliphatic rings. The van der Waals surface area contributed by atoms with Crippen molar-refractivity contribution < 1.29 is 14.1 Å². The zero-order chi connectivity index (χ0) is 14.8. The maximum absolute atomic E-state index is 11.3. The summed E-state index contributed by atoms with van der Waals surface area (Å²) in [7, 11) is 0. The van der Waals surface area contributed by atoms with Gasteiger partial charge < -0.3 is 9.26 Å². The van der Waals surface area contributed by atoms with Crippen LogP contribution in [0.3, 0.4) is 0 Å². The number of nitrogens with zero attached hydrogens (tertiary/aromatic N) is 3. The Balaban J connectivity index is 1.65. The SMILES string of the molecule is CC(C)N1CCOC(c2noc(C3CCC(=O)CC3)n2)C1. The Labute approximate surface area is 124 Å². The number of Topliss-reactive ketones (excluding diaryl/α,β-unsaturated/α-hetero) is 1. The molecule has 21 heavy (non-hydrogen) atoms. The Bertz CT molecular complexity index is 490. The summed E-state index contributed by atoms with van der Waals surface area (Å²) in [5.41, 5.74) is 0. The molecule has 1 aliphatic heterocycles. The lowest BCUT2D eigenvalue weighted by atomic mass is 9.88. The fourth-order valence-corrected chi connectivity index (χ4v) is 3.02. The zero-order valence-electron chi connectivity index (χ0n) is 12.7. The van der Waals surface area contributed by atoms with Crippen LogP contribution in [0, 0.1) is 0 Å². The smallest absolute Gasteiger partial charge is 0.229 e. The molecule has 6 heteroatoms. The first kappa shape index (κ1) is 14.7. The standard InChI is InChI=1S/C15H23N3O3/c1-10(2)18-7-8-20-13(9-18)14-16-15(21-17-14)11-3-5-12(19)6-4-11/h10-11,13H,3-9H2,1-2H3. The molecule has 0 N–H and O–H groups in total. The van der Waals surface area contributed by atoms with Gasteiger partial charge in [-0.25, -0.2) is 0 Å². The van der Waals surface area contributed by atoms with Crippen LogP contribution in [-0.4, -0.2) is 46.6 Å². The summed E-state index contributed by atoms with van der Waals surface area (Å²) in [4.78, 5) is 18.2. The number of morpholine rings is 1. The average Bonchev–Trinajstić information content (AvgIpc) is 2.98. The van der Waals surface area contributed by atoms with Crippen LogP contribution in [0.1, 0.15) is 63.3 Å². The molecule has 1 aromatic heterocycles. The van der Waals surface area contributed by atoms with Crippen molar-refractivity contribution in [2.75, 3.05) is 19.7 Å². The highest BCUT2D eigenvalue weighted by atomic mass is 16.5. The second-order valence-corrected chi connectivity index (χ2v) is 6.25. The number of hydrogen-bond donors (Lipinski definition) is 0. The minimum Gasteiger partial charge on any atom is -0.367 e. The van der Waals surface area contributed by atoms with E-state index in [0.717, 1.165) is 25.9 Å². The summed E-state index contributed by atoms with van der Waals surface area (Å²) < 4.78 is 11.2. The molecule has 1 saturated heterocycles. The lowest BCUT2D eigenvalue weighted by Crippen LogP contribution is -2.42. The van der Waals surface area contributed by atoms with Crippen molar-refractivity contribution in [3.05, 3.63) is 11.7 Å². The van der Waals surface area contributed by atoms with Crippen molar-refractivity contribution in [2.45, 2.75) is 57.6 Å². The van der Waals surface area contributed by atoms with Crippen LogP contribution in [0.15, 0.2) is 4.52 Å². The Morgan fingerprint density at radius 2 is 2.05 bits per heavy atom. The van der Waals surface area contributed by atoms with Gasteiger partial charge >= 0.3 is 0 Å². The van der Waals surface area contributed by atoms with Crippen LogP contribution < -0.4 is 0 Å². The van der Waals surface area contributed by atoms with Crippen LogP contribution in [0.5, 0.6) is 0 Å². The molecule has 116 valence electrons. The summed E-state index contributed by atoms with van der Waals surface area (Å²) >= 11 is 0. The Hall–Kier alpha value is -1.27. The monoisotopic (exact) mass is 293 g/mol. The van der Waals surface area contributed by atoms with Crippen molar-refractivity contribution in [1.82, 2.24) is 15.0 Å². The molecule has 1 saturated carbocycles. The summed E-state index contributed by atoms with van der Waals surface area (Å²) in [5.74, 6) is 1.89. The average molecular weight is 293 g/mol. The van der Waals surface area contributed by atoms with E-state index < -0.39 is 0 Å². The molecule has 2 fully saturated rings. The van der Waals surface area contributed by atoms with Crippen LogP contribution in [0.2, 0.25) is 0 Å². The topological polar surface area (TPSA) is 68.5 Å². The number of carbonyl (C=O) groups excluding carboxylic acids is 1. The molecule has 2 heterocycles. The molecule has 1 aliphatic carbocycles. The van der Waals surface area contributed by atoms with Gasteiger partial charge in [0.05, 0.1) is 6.61 Å². The highest BCUT2D eigenvalue weighted by Gasteiger charge is 2.30. The first-order chi connectivity index (χ1) is 10.1. The van der Waals surface area contributed by atoms with E-state index in [1.54, 1.807) is 0 Å². The summed E-state index contributed by atoms with van der Waals surface area (Å²) in [6, 6.07) is 0.493. The van der Waals surface area contributed by atoms with Crippen molar-refractivity contribution >= 4 is 5.78 Å². The highest BCUT2D eigenvalue weighted by Crippen LogP contribution is 2.31. The molecule has 1 aromatic rings. The van der Waals surface area contributed by atoms with Crippen molar-refractivity contribution in [3.63, 3.8) is 0 Å². The zero-order valence-corrected chi connectivity index (χ0v) is 12.7. The van der Waals surface area contributed by atoms with E-state index in [4.69, 9.17) is 9.26 Å². The highest BCUT2D eigenvalue weighted by molar-refractivity contribution is 5.79. The maximum atomic E-state index is 11.3. The van der Waals surface area contributed by atoms with Gasteiger partial charge in [-0.2, -0.15) is 4.98 Å². The molecule has 3 rings (SSSR count). The van der Waals surface area contributed by atoms with Gasteiger partial charge in [-0.05, 0) is 26.7 Å². The fraction of sp³-hybridized carbons (Fsp3) is 0.800. The van der Waals surface area contributed by atoms with E-state index in [9.17, 15) is 4.79 Å². The van der Waals surface area contributed by atoms with Gasteiger partial charge in [-0.15, -0.1) is 0 Å². The summed E-state index contributed by atoms with van der Waals surface area (Å²) in [6.07, 6.45) is 2.80. The van der Waals surface area contributed by atoms with Gasteiger partial charge in [0.25, 0.3) is 0 Å². The van der Waals surface area contributed by atoms with Crippen LogP contribution in [0.4, 0.5) is 0 Å². The van der Waals surface area contributed by atoms with Crippen LogP contribution in [0.25, 0.3) is 0 Å². The molecule has 0 amide bonds. The van der Waals surface area contributed by atoms with Gasteiger partial charge in [-0.3, -0.25) is 9.69 Å². The van der Waals surface area contributed by atoms with Crippen molar-refractivity contribution in [2.24, 2.45) is 0 Å². The molecule has 0 aromatic carbocycles. The Morgan fingerprint density at radius 3 is 2.76 bits per heavy atom. The fourth-order valence-electron chi connectivity index (χ4n) is 3.02. The molecule has 0 bridgehead atoms. The molecular formula is C15H23N3O3. The first-order valence-electron chi connectivity index (χ1n) is 7.84. The van der Waals surface area contributed by atoms with E-state index in [1.165, 1.54) is 0 Å². The second kappa shape index (κ2) is 6.23. The number of aromatic nitrogens is 2. The molecular weight excluding hydrogens is 270 g/mol. The molecule has 6 nitrogen and oxygen atoms in total. The lowest BCUT2D eigenvalue weighted by molar-refractivity contribution is -0.120. The third-order valence-corrected chi connectivity index (χ3v) is 4.47. The number of carbonyl (C=O) groups is 1. The Morgan fingerprint density at radius 1 is 1.29 bits per heavy atom. The summed E-state index contributed by atoms with van der Waals surface area (Å²) in [5, 5.41) is 4.11. The van der Waals surface area contributed by atoms with Gasteiger partial charge in [0.15, 0.2) is 0 Å². The number of hydrogen-bond acceptors (Lipinski definition) is 6. The molecule has 0 spiro atoms. The van der Waals surface area contributed by atoms with Gasteiger partial charge in [-0.1, -0.05) is 5.16 Å². The minimum absolute atomic E-state index is 0.108. The van der Waals surface area contributed by atoms with Gasteiger partial charge in [0.2, 0.25) is 11.7 Å². The maximum Gasteiger partial charge on any atom is 0.229 e. The van der Waals surface area contributed by atoms with Gasteiger partial charge in [0.1, 0.15) is 11.9 Å². The van der Waals surface area contributed by atoms with Crippen molar-refractivity contribution in [3.8, 4) is 0 Å². The van der Waals surface area contributed by atoms with E-state index in [-0.39, 0.29) is 12.0 Å². The molecule has 0 radical (unpaired) electrons. The Kier molecular flexibility index (Phi) is 4.35. The quantitative estimate of drug-likeness (QED) is 0.850. The first-order valence-corrected chi connectivity index (χ1v) is 7.84. The largest absolute Gasteiger partial charge is 0.367 e. The lowest BCUT2D eigenvalue weighted by Gasteiger charge is -2.34. The van der Waals surface area contributed by atoms with Crippen molar-refractivity contribution in [1.29, 1.82) is 0 Å². The van der Waals surface area contributed by atoms with E-state index in [1.807, 2.05) is 0 Å². The minimum atomic E-state index is -0.108. The van der Waals surface area contributed by atoms with Crippen LogP contribution >= 0.6 is 0 Å². The van der Waals surface area contributed by atoms with E-state index >= 15 is 0 Å². The predicted octanol–water partition coefficient (Wildman–Crippen LogP) is 2.08.